The van der Waals surface area contributed by atoms with Crippen molar-refractivity contribution in [3.63, 3.8) is 0 Å². The Kier molecular flexibility index (Phi) is 6.93. The van der Waals surface area contributed by atoms with E-state index in [0.717, 1.165) is 5.56 Å². The van der Waals surface area contributed by atoms with Crippen molar-refractivity contribution in [1.29, 1.82) is 0 Å². The molecule has 1 N–H and O–H groups in total. The molecule has 0 saturated heterocycles. The topological polar surface area (TPSA) is 90.1 Å². The molecular formula is C27H26ClFN4O3. The molecule has 0 saturated carbocycles. The van der Waals surface area contributed by atoms with Gasteiger partial charge in [-0.3, -0.25) is 14.3 Å². The second-order valence-electron chi connectivity index (χ2n) is 9.17. The first kappa shape index (κ1) is 25.5. The smallest absolute Gasteiger partial charge is 0.277 e. The van der Waals surface area contributed by atoms with Crippen molar-refractivity contribution >= 4 is 11.6 Å². The maximum absolute atomic E-state index is 13.6. The van der Waals surface area contributed by atoms with E-state index in [1.807, 2.05) is 6.92 Å². The Morgan fingerprint density at radius 1 is 1.08 bits per heavy atom. The molecule has 0 amide bonds. The average molecular weight is 509 g/mol. The molecule has 0 atom stereocenters. The quantitative estimate of drug-likeness (QED) is 0.359. The standard InChI is InChI=1S/C27H26ClFN4O3/c1-15-9-18(31-24(29)10-15)14-36-22-11-17(3)33(26(34)25(22)28)21-12-20(30-13-16(21)2)19-7-6-8-23(32-19)27(4,5)35/h6-13,35H,14H2,1-5H3. The van der Waals surface area contributed by atoms with Gasteiger partial charge >= 0.3 is 0 Å². The van der Waals surface area contributed by atoms with Crippen molar-refractivity contribution in [3.8, 4) is 22.8 Å². The normalized spacial score (nSPS) is 11.6. The van der Waals surface area contributed by atoms with E-state index in [1.165, 1.54) is 10.6 Å². The number of aliphatic hydroxyl groups is 1. The Balaban J connectivity index is 1.72. The summed E-state index contributed by atoms with van der Waals surface area (Å²) in [4.78, 5) is 26.2. The maximum Gasteiger partial charge on any atom is 0.277 e. The van der Waals surface area contributed by atoms with Gasteiger partial charge in [0.25, 0.3) is 5.56 Å². The summed E-state index contributed by atoms with van der Waals surface area (Å²) < 4.78 is 20.8. The number of rotatable bonds is 6. The van der Waals surface area contributed by atoms with Gasteiger partial charge in [0.2, 0.25) is 5.95 Å². The van der Waals surface area contributed by atoms with Crippen LogP contribution in [0.5, 0.6) is 5.75 Å². The predicted molar refractivity (Wildman–Crippen MR) is 136 cm³/mol. The van der Waals surface area contributed by atoms with Crippen molar-refractivity contribution in [2.24, 2.45) is 0 Å². The zero-order valence-corrected chi connectivity index (χ0v) is 21.4. The third-order valence-electron chi connectivity index (χ3n) is 5.62. The monoisotopic (exact) mass is 508 g/mol. The molecule has 0 aliphatic carbocycles. The van der Waals surface area contributed by atoms with Crippen molar-refractivity contribution in [2.75, 3.05) is 0 Å². The lowest BCUT2D eigenvalue weighted by Gasteiger charge is -2.18. The number of hydrogen-bond donors (Lipinski definition) is 1. The molecule has 4 rings (SSSR count). The van der Waals surface area contributed by atoms with Gasteiger partial charge in [0.15, 0.2) is 0 Å². The van der Waals surface area contributed by atoms with E-state index in [9.17, 15) is 14.3 Å². The minimum absolute atomic E-state index is 0.0388. The van der Waals surface area contributed by atoms with E-state index in [-0.39, 0.29) is 17.4 Å². The summed E-state index contributed by atoms with van der Waals surface area (Å²) in [5.74, 6) is -0.413. The van der Waals surface area contributed by atoms with Gasteiger partial charge < -0.3 is 9.84 Å². The van der Waals surface area contributed by atoms with Crippen LogP contribution in [-0.4, -0.2) is 24.6 Å². The zero-order valence-electron chi connectivity index (χ0n) is 20.6. The van der Waals surface area contributed by atoms with Crippen LogP contribution in [0.2, 0.25) is 5.02 Å². The molecule has 0 radical (unpaired) electrons. The molecule has 0 aliphatic heterocycles. The van der Waals surface area contributed by atoms with Gasteiger partial charge in [-0.25, -0.2) is 9.97 Å². The van der Waals surface area contributed by atoms with Gasteiger partial charge in [-0.15, -0.1) is 0 Å². The highest BCUT2D eigenvalue weighted by molar-refractivity contribution is 6.31. The lowest BCUT2D eigenvalue weighted by molar-refractivity contribution is 0.0740. The Morgan fingerprint density at radius 2 is 1.83 bits per heavy atom. The Hall–Kier alpha value is -3.62. The summed E-state index contributed by atoms with van der Waals surface area (Å²) in [5.41, 5.74) is 3.06. The summed E-state index contributed by atoms with van der Waals surface area (Å²) >= 11 is 6.42. The fourth-order valence-electron chi connectivity index (χ4n) is 3.82. The van der Waals surface area contributed by atoms with Gasteiger partial charge in [0.1, 0.15) is 23.0 Å². The molecule has 0 aliphatic rings. The Bertz CT molecular complexity index is 1490. The fourth-order valence-corrected chi connectivity index (χ4v) is 4.01. The van der Waals surface area contributed by atoms with Crippen LogP contribution in [0.1, 0.15) is 42.1 Å². The largest absolute Gasteiger partial charge is 0.485 e. The molecule has 0 bridgehead atoms. The molecule has 4 heterocycles. The van der Waals surface area contributed by atoms with Gasteiger partial charge in [-0.05, 0) is 76.1 Å². The summed E-state index contributed by atoms with van der Waals surface area (Å²) in [6.45, 7) is 8.65. The first-order valence-corrected chi connectivity index (χ1v) is 11.7. The lowest BCUT2D eigenvalue weighted by atomic mass is 10.0. The number of pyridine rings is 4. The Labute approximate surface area is 213 Å². The average Bonchev–Trinajstić information content (AvgIpc) is 2.80. The minimum atomic E-state index is -1.11. The highest BCUT2D eigenvalue weighted by Crippen LogP contribution is 2.28. The molecule has 0 fully saturated rings. The number of aromatic nitrogens is 4. The van der Waals surface area contributed by atoms with E-state index >= 15 is 0 Å². The van der Waals surface area contributed by atoms with Crippen LogP contribution in [0.4, 0.5) is 4.39 Å². The van der Waals surface area contributed by atoms with Crippen molar-refractivity contribution in [2.45, 2.75) is 46.8 Å². The molecule has 0 aromatic carbocycles. The third-order valence-corrected chi connectivity index (χ3v) is 5.97. The van der Waals surface area contributed by atoms with Crippen LogP contribution >= 0.6 is 11.6 Å². The molecule has 4 aromatic heterocycles. The predicted octanol–water partition coefficient (Wildman–Crippen LogP) is 5.21. The molecule has 0 spiro atoms. The van der Waals surface area contributed by atoms with Crippen molar-refractivity contribution in [3.05, 3.63) is 98.2 Å². The summed E-state index contributed by atoms with van der Waals surface area (Å²) in [6, 6.07) is 11.8. The highest BCUT2D eigenvalue weighted by atomic mass is 35.5. The van der Waals surface area contributed by atoms with E-state index in [2.05, 4.69) is 15.0 Å². The van der Waals surface area contributed by atoms with Crippen molar-refractivity contribution in [1.82, 2.24) is 19.5 Å². The van der Waals surface area contributed by atoms with E-state index < -0.39 is 17.1 Å². The minimum Gasteiger partial charge on any atom is -0.485 e. The summed E-state index contributed by atoms with van der Waals surface area (Å²) in [5, 5.41) is 10.2. The Morgan fingerprint density at radius 3 is 2.53 bits per heavy atom. The molecule has 9 heteroatoms. The van der Waals surface area contributed by atoms with Gasteiger partial charge in [0.05, 0.1) is 28.5 Å². The second-order valence-corrected chi connectivity index (χ2v) is 9.55. The number of ether oxygens (including phenoxy) is 1. The maximum atomic E-state index is 13.6. The molecule has 7 nitrogen and oxygen atoms in total. The summed E-state index contributed by atoms with van der Waals surface area (Å²) in [6.07, 6.45) is 1.66. The van der Waals surface area contributed by atoms with Crippen LogP contribution in [-0.2, 0) is 12.2 Å². The van der Waals surface area contributed by atoms with Gasteiger partial charge in [0, 0.05) is 18.0 Å². The molecule has 186 valence electrons. The number of halogens is 2. The van der Waals surface area contributed by atoms with E-state index in [0.29, 0.717) is 39.7 Å². The summed E-state index contributed by atoms with van der Waals surface area (Å²) in [7, 11) is 0. The SMILES string of the molecule is Cc1cc(F)nc(COc2cc(C)n(-c3cc(-c4cccc(C(C)(C)O)n4)ncc3C)c(=O)c2Cl)c1. The van der Waals surface area contributed by atoms with Gasteiger partial charge in [-0.1, -0.05) is 17.7 Å². The third kappa shape index (κ3) is 5.29. The highest BCUT2D eigenvalue weighted by Gasteiger charge is 2.20. The number of aryl methyl sites for hydroxylation is 3. The van der Waals surface area contributed by atoms with Crippen LogP contribution in [0.25, 0.3) is 17.1 Å². The van der Waals surface area contributed by atoms with Crippen LogP contribution in [0.3, 0.4) is 0 Å². The van der Waals surface area contributed by atoms with Crippen LogP contribution in [0.15, 0.2) is 53.5 Å². The fraction of sp³-hybridized carbons (Fsp3) is 0.259. The van der Waals surface area contributed by atoms with Crippen LogP contribution in [0, 0.1) is 26.7 Å². The van der Waals surface area contributed by atoms with Gasteiger partial charge in [-0.2, -0.15) is 4.39 Å². The lowest BCUT2D eigenvalue weighted by Crippen LogP contribution is -2.23. The first-order valence-electron chi connectivity index (χ1n) is 11.3. The molecule has 4 aromatic rings. The molecule has 0 unspecified atom stereocenters. The second kappa shape index (κ2) is 9.79. The zero-order chi connectivity index (χ0) is 26.2. The number of hydrogen-bond acceptors (Lipinski definition) is 6. The first-order chi connectivity index (χ1) is 16.9. The van der Waals surface area contributed by atoms with E-state index in [4.69, 9.17) is 16.3 Å². The number of nitrogens with zero attached hydrogens (tertiary/aromatic N) is 4. The molecule has 36 heavy (non-hydrogen) atoms. The van der Waals surface area contributed by atoms with Crippen molar-refractivity contribution < 1.29 is 14.2 Å². The van der Waals surface area contributed by atoms with E-state index in [1.54, 1.807) is 70.3 Å². The molecular weight excluding hydrogens is 483 g/mol. The van der Waals surface area contributed by atoms with Crippen LogP contribution < -0.4 is 10.3 Å².